The smallest absolute Gasteiger partial charge is 0.296 e. The van der Waals surface area contributed by atoms with Crippen molar-refractivity contribution in [3.8, 4) is 5.75 Å². The molecule has 0 bridgehead atoms. The number of benzene rings is 2. The summed E-state index contributed by atoms with van der Waals surface area (Å²) in [5.74, 6) is 0.719. The number of ether oxygens (including phenoxy) is 1. The summed E-state index contributed by atoms with van der Waals surface area (Å²) in [5, 5.41) is 11.1. The van der Waals surface area contributed by atoms with Crippen LogP contribution < -0.4 is 10.3 Å². The van der Waals surface area contributed by atoms with Gasteiger partial charge in [0, 0.05) is 6.07 Å². The molecule has 0 aliphatic heterocycles. The fraction of sp³-hybridized carbons (Fsp3) is 0.125. The van der Waals surface area contributed by atoms with Crippen molar-refractivity contribution in [1.82, 2.24) is 9.55 Å². The number of aromatic nitrogens is 2. The first-order chi connectivity index (χ1) is 11.1. The number of fused-ring (bicyclic) bond motifs is 1. The number of nitro benzene ring substituents is 1. The molecular formula is C16H13N3O4. The predicted octanol–water partition coefficient (Wildman–Crippen LogP) is 2.36. The average Bonchev–Trinajstić information content (AvgIpc) is 2.57. The highest BCUT2D eigenvalue weighted by atomic mass is 16.6. The largest absolute Gasteiger partial charge is 0.497 e. The van der Waals surface area contributed by atoms with Gasteiger partial charge in [-0.1, -0.05) is 18.2 Å². The maximum Gasteiger partial charge on any atom is 0.296 e. The Labute approximate surface area is 130 Å². The standard InChI is InChI=1S/C16H13N3O4/c1-23-12-7-5-11(6-8-12)10-18-13-3-2-4-14(19(21)22)16(13)17-9-15(18)20/h2-9H,10H2,1H3. The van der Waals surface area contributed by atoms with E-state index in [-0.39, 0.29) is 16.8 Å². The Kier molecular flexibility index (Phi) is 3.76. The van der Waals surface area contributed by atoms with Crippen molar-refractivity contribution in [3.05, 3.63) is 74.7 Å². The first-order valence-corrected chi connectivity index (χ1v) is 6.86. The highest BCUT2D eigenvalue weighted by Gasteiger charge is 2.15. The zero-order chi connectivity index (χ0) is 16.4. The van der Waals surface area contributed by atoms with Crippen molar-refractivity contribution in [2.24, 2.45) is 0 Å². The Bertz CT molecular complexity index is 932. The van der Waals surface area contributed by atoms with Gasteiger partial charge in [-0.05, 0) is 23.8 Å². The number of hydrogen-bond donors (Lipinski definition) is 0. The van der Waals surface area contributed by atoms with E-state index in [4.69, 9.17) is 4.74 Å². The van der Waals surface area contributed by atoms with Crippen molar-refractivity contribution in [3.63, 3.8) is 0 Å². The van der Waals surface area contributed by atoms with E-state index >= 15 is 0 Å². The van der Waals surface area contributed by atoms with E-state index in [2.05, 4.69) is 4.98 Å². The number of para-hydroxylation sites is 1. The first-order valence-electron chi connectivity index (χ1n) is 6.86. The van der Waals surface area contributed by atoms with E-state index < -0.39 is 4.92 Å². The molecule has 0 aliphatic rings. The van der Waals surface area contributed by atoms with Crippen LogP contribution in [0.2, 0.25) is 0 Å². The zero-order valence-electron chi connectivity index (χ0n) is 12.3. The van der Waals surface area contributed by atoms with Crippen LogP contribution in [-0.4, -0.2) is 21.6 Å². The van der Waals surface area contributed by atoms with Crippen molar-refractivity contribution in [2.75, 3.05) is 7.11 Å². The fourth-order valence-electron chi connectivity index (χ4n) is 2.40. The average molecular weight is 311 g/mol. The molecule has 1 aromatic heterocycles. The third kappa shape index (κ3) is 2.76. The van der Waals surface area contributed by atoms with E-state index in [1.54, 1.807) is 31.4 Å². The van der Waals surface area contributed by atoms with Crippen LogP contribution >= 0.6 is 0 Å². The quantitative estimate of drug-likeness (QED) is 0.545. The molecule has 3 aromatic rings. The summed E-state index contributed by atoms with van der Waals surface area (Å²) >= 11 is 0. The number of rotatable bonds is 4. The van der Waals surface area contributed by atoms with Gasteiger partial charge in [-0.15, -0.1) is 0 Å². The molecule has 7 heteroatoms. The van der Waals surface area contributed by atoms with Gasteiger partial charge < -0.3 is 9.30 Å². The van der Waals surface area contributed by atoms with Crippen LogP contribution in [0.25, 0.3) is 11.0 Å². The van der Waals surface area contributed by atoms with Crippen molar-refractivity contribution in [2.45, 2.75) is 6.54 Å². The summed E-state index contributed by atoms with van der Waals surface area (Å²) in [7, 11) is 1.58. The Balaban J connectivity index is 2.12. The lowest BCUT2D eigenvalue weighted by atomic mass is 10.2. The van der Waals surface area contributed by atoms with Crippen molar-refractivity contribution in [1.29, 1.82) is 0 Å². The summed E-state index contributed by atoms with van der Waals surface area (Å²) in [4.78, 5) is 26.7. The lowest BCUT2D eigenvalue weighted by Crippen LogP contribution is -2.21. The fourth-order valence-corrected chi connectivity index (χ4v) is 2.40. The molecule has 3 rings (SSSR count). The molecular weight excluding hydrogens is 298 g/mol. The third-order valence-corrected chi connectivity index (χ3v) is 3.55. The van der Waals surface area contributed by atoms with Crippen LogP contribution in [0.5, 0.6) is 5.75 Å². The van der Waals surface area contributed by atoms with E-state index in [1.165, 1.54) is 10.6 Å². The minimum Gasteiger partial charge on any atom is -0.497 e. The summed E-state index contributed by atoms with van der Waals surface area (Å²) in [6, 6.07) is 11.9. The molecule has 0 radical (unpaired) electrons. The Morgan fingerprint density at radius 3 is 2.61 bits per heavy atom. The van der Waals surface area contributed by atoms with Crippen LogP contribution in [-0.2, 0) is 6.54 Å². The number of nitro groups is 1. The molecule has 2 aromatic carbocycles. The zero-order valence-corrected chi connectivity index (χ0v) is 12.3. The second-order valence-electron chi connectivity index (χ2n) is 4.93. The van der Waals surface area contributed by atoms with E-state index in [0.29, 0.717) is 12.1 Å². The molecule has 0 unspecified atom stereocenters. The Morgan fingerprint density at radius 1 is 1.22 bits per heavy atom. The first kappa shape index (κ1) is 14.7. The van der Waals surface area contributed by atoms with Crippen LogP contribution in [0.4, 0.5) is 5.69 Å². The van der Waals surface area contributed by atoms with Crippen LogP contribution in [0.15, 0.2) is 53.5 Å². The van der Waals surface area contributed by atoms with Gasteiger partial charge >= 0.3 is 0 Å². The van der Waals surface area contributed by atoms with E-state index in [9.17, 15) is 14.9 Å². The van der Waals surface area contributed by atoms with Gasteiger partial charge in [0.2, 0.25) is 0 Å². The van der Waals surface area contributed by atoms with Crippen LogP contribution in [0.1, 0.15) is 5.56 Å². The minimum absolute atomic E-state index is 0.119. The minimum atomic E-state index is -0.502. The molecule has 1 heterocycles. The summed E-state index contributed by atoms with van der Waals surface area (Å²) in [6.07, 6.45) is 1.11. The molecule has 0 amide bonds. The highest BCUT2D eigenvalue weighted by molar-refractivity contribution is 5.84. The predicted molar refractivity (Wildman–Crippen MR) is 84.8 cm³/mol. The molecule has 0 saturated heterocycles. The third-order valence-electron chi connectivity index (χ3n) is 3.55. The number of non-ortho nitro benzene ring substituents is 1. The molecule has 116 valence electrons. The number of nitrogens with zero attached hydrogens (tertiary/aromatic N) is 3. The van der Waals surface area contributed by atoms with E-state index in [0.717, 1.165) is 17.5 Å². The van der Waals surface area contributed by atoms with Gasteiger partial charge in [-0.25, -0.2) is 4.98 Å². The lowest BCUT2D eigenvalue weighted by molar-refractivity contribution is -0.383. The molecule has 0 atom stereocenters. The van der Waals surface area contributed by atoms with Crippen LogP contribution in [0, 0.1) is 10.1 Å². The summed E-state index contributed by atoms with van der Waals surface area (Å²) in [5.41, 5.74) is 1.08. The molecule has 0 N–H and O–H groups in total. The molecule has 23 heavy (non-hydrogen) atoms. The number of methoxy groups -OCH3 is 1. The Hall–Kier alpha value is -3.22. The van der Waals surface area contributed by atoms with Gasteiger partial charge in [0.1, 0.15) is 5.75 Å². The van der Waals surface area contributed by atoms with Gasteiger partial charge in [0.25, 0.3) is 11.2 Å². The molecule has 0 aliphatic carbocycles. The second-order valence-corrected chi connectivity index (χ2v) is 4.93. The molecule has 0 fully saturated rings. The molecule has 0 saturated carbocycles. The Morgan fingerprint density at radius 2 is 1.96 bits per heavy atom. The van der Waals surface area contributed by atoms with Crippen molar-refractivity contribution >= 4 is 16.7 Å². The second kappa shape index (κ2) is 5.88. The highest BCUT2D eigenvalue weighted by Crippen LogP contribution is 2.22. The summed E-state index contributed by atoms with van der Waals surface area (Å²) in [6.45, 7) is 0.295. The SMILES string of the molecule is COc1ccc(Cn2c(=O)cnc3c([N+](=O)[O-])cccc32)cc1. The maximum atomic E-state index is 12.1. The summed E-state index contributed by atoms with van der Waals surface area (Å²) < 4.78 is 6.57. The number of hydrogen-bond acceptors (Lipinski definition) is 5. The van der Waals surface area contributed by atoms with E-state index in [1.807, 2.05) is 12.1 Å². The normalized spacial score (nSPS) is 10.7. The van der Waals surface area contributed by atoms with Gasteiger partial charge in [-0.3, -0.25) is 14.9 Å². The molecule has 7 nitrogen and oxygen atoms in total. The molecule has 0 spiro atoms. The van der Waals surface area contributed by atoms with Gasteiger partial charge in [0.05, 0.1) is 30.3 Å². The lowest BCUT2D eigenvalue weighted by Gasteiger charge is -2.10. The topological polar surface area (TPSA) is 87.3 Å². The maximum absolute atomic E-state index is 12.1. The van der Waals surface area contributed by atoms with Gasteiger partial charge in [-0.2, -0.15) is 0 Å². The monoisotopic (exact) mass is 311 g/mol. The van der Waals surface area contributed by atoms with Crippen molar-refractivity contribution < 1.29 is 9.66 Å². The van der Waals surface area contributed by atoms with Gasteiger partial charge in [0.15, 0.2) is 5.52 Å². The van der Waals surface area contributed by atoms with Crippen LogP contribution in [0.3, 0.4) is 0 Å².